The topological polar surface area (TPSA) is 12.9 Å². The van der Waals surface area contributed by atoms with Gasteiger partial charge in [0, 0.05) is 16.4 Å². The van der Waals surface area contributed by atoms with E-state index < -0.39 is 0 Å². The highest BCUT2D eigenvalue weighted by Gasteiger charge is 1.98. The van der Waals surface area contributed by atoms with E-state index >= 15 is 0 Å². The van der Waals surface area contributed by atoms with Gasteiger partial charge in [-0.1, -0.05) is 53.4 Å². The average Bonchev–Trinajstić information content (AvgIpc) is 2.38. The summed E-state index contributed by atoms with van der Waals surface area (Å²) in [6, 6.07) is 4.17. The van der Waals surface area contributed by atoms with Crippen molar-refractivity contribution in [1.29, 1.82) is 0 Å². The van der Waals surface area contributed by atoms with Crippen LogP contribution in [0.1, 0.15) is 17.7 Å². The minimum atomic E-state index is 0.958. The first-order valence-electron chi connectivity index (χ1n) is 5.88. The molecule has 0 aliphatic heterocycles. The normalized spacial score (nSPS) is 12.3. The fourth-order valence-corrected chi connectivity index (χ4v) is 1.82. The monoisotopic (exact) mass is 303 g/mol. The van der Waals surface area contributed by atoms with Crippen LogP contribution in [0.5, 0.6) is 0 Å². The molecule has 1 aromatic heterocycles. The van der Waals surface area contributed by atoms with Gasteiger partial charge < -0.3 is 0 Å². The summed E-state index contributed by atoms with van der Waals surface area (Å²) in [5.74, 6) is 0. The SMILES string of the molecule is C=C/C=C(\C=C(\Br)C=C)CCc1ccc(C)nc1. The zero-order valence-corrected chi connectivity index (χ0v) is 12.3. The van der Waals surface area contributed by atoms with Gasteiger partial charge in [0.25, 0.3) is 0 Å². The van der Waals surface area contributed by atoms with Crippen LogP contribution in [0.25, 0.3) is 0 Å². The molecular weight excluding hydrogens is 286 g/mol. The smallest absolute Gasteiger partial charge is 0.0372 e. The van der Waals surface area contributed by atoms with Gasteiger partial charge in [-0.3, -0.25) is 4.98 Å². The lowest BCUT2D eigenvalue weighted by Crippen LogP contribution is -1.90. The first-order chi connectivity index (χ1) is 8.65. The maximum absolute atomic E-state index is 4.30. The van der Waals surface area contributed by atoms with Gasteiger partial charge >= 0.3 is 0 Å². The average molecular weight is 304 g/mol. The quantitative estimate of drug-likeness (QED) is 0.681. The second kappa shape index (κ2) is 7.83. The van der Waals surface area contributed by atoms with Gasteiger partial charge in [-0.05, 0) is 43.0 Å². The zero-order chi connectivity index (χ0) is 13.4. The molecule has 1 heterocycles. The predicted molar refractivity (Wildman–Crippen MR) is 82.8 cm³/mol. The molecule has 0 saturated carbocycles. The lowest BCUT2D eigenvalue weighted by atomic mass is 10.0. The second-order valence-corrected chi connectivity index (χ2v) is 4.93. The van der Waals surface area contributed by atoms with E-state index in [0.29, 0.717) is 0 Å². The summed E-state index contributed by atoms with van der Waals surface area (Å²) in [4.78, 5) is 4.30. The molecule has 0 saturated heterocycles. The Balaban J connectivity index is 2.68. The summed E-state index contributed by atoms with van der Waals surface area (Å²) in [5.41, 5.74) is 3.52. The molecule has 0 aliphatic rings. The van der Waals surface area contributed by atoms with Gasteiger partial charge in [-0.2, -0.15) is 0 Å². The molecule has 0 atom stereocenters. The van der Waals surface area contributed by atoms with E-state index in [-0.39, 0.29) is 0 Å². The second-order valence-electron chi connectivity index (χ2n) is 4.02. The Labute approximate surface area is 118 Å². The van der Waals surface area contributed by atoms with Crippen LogP contribution in [0.15, 0.2) is 65.8 Å². The van der Waals surface area contributed by atoms with Gasteiger partial charge in [0.05, 0.1) is 0 Å². The van der Waals surface area contributed by atoms with Crippen molar-refractivity contribution in [3.8, 4) is 0 Å². The Kier molecular flexibility index (Phi) is 6.37. The number of hydrogen-bond acceptors (Lipinski definition) is 1. The van der Waals surface area contributed by atoms with Crippen molar-refractivity contribution in [3.63, 3.8) is 0 Å². The maximum atomic E-state index is 4.30. The molecule has 1 rings (SSSR count). The molecule has 18 heavy (non-hydrogen) atoms. The molecule has 0 bridgehead atoms. The molecule has 0 amide bonds. The number of pyridine rings is 1. The minimum absolute atomic E-state index is 0.958. The van der Waals surface area contributed by atoms with E-state index in [2.05, 4.69) is 46.2 Å². The van der Waals surface area contributed by atoms with Crippen LogP contribution in [-0.2, 0) is 6.42 Å². The van der Waals surface area contributed by atoms with E-state index in [9.17, 15) is 0 Å². The molecule has 0 aromatic carbocycles. The number of rotatable bonds is 6. The Bertz CT molecular complexity index is 466. The van der Waals surface area contributed by atoms with Crippen molar-refractivity contribution < 1.29 is 0 Å². The molecule has 0 N–H and O–H groups in total. The summed E-state index contributed by atoms with van der Waals surface area (Å²) in [5, 5.41) is 0. The number of aryl methyl sites for hydroxylation is 2. The Hall–Kier alpha value is -1.41. The molecular formula is C16H18BrN. The Morgan fingerprint density at radius 3 is 2.72 bits per heavy atom. The van der Waals surface area contributed by atoms with Crippen LogP contribution in [0.4, 0.5) is 0 Å². The van der Waals surface area contributed by atoms with E-state index in [4.69, 9.17) is 0 Å². The first kappa shape index (κ1) is 14.7. The summed E-state index contributed by atoms with van der Waals surface area (Å²) >= 11 is 3.44. The first-order valence-corrected chi connectivity index (χ1v) is 6.67. The molecule has 0 fully saturated rings. The Morgan fingerprint density at radius 1 is 1.39 bits per heavy atom. The van der Waals surface area contributed by atoms with Gasteiger partial charge in [-0.25, -0.2) is 0 Å². The largest absolute Gasteiger partial charge is 0.261 e. The molecule has 2 heteroatoms. The van der Waals surface area contributed by atoms with Crippen molar-refractivity contribution in [1.82, 2.24) is 4.98 Å². The summed E-state index contributed by atoms with van der Waals surface area (Å²) < 4.78 is 0.984. The highest BCUT2D eigenvalue weighted by molar-refractivity contribution is 9.11. The van der Waals surface area contributed by atoms with E-state index in [1.807, 2.05) is 31.3 Å². The van der Waals surface area contributed by atoms with Crippen LogP contribution in [0, 0.1) is 6.92 Å². The highest BCUT2D eigenvalue weighted by atomic mass is 79.9. The van der Waals surface area contributed by atoms with Crippen LogP contribution < -0.4 is 0 Å². The standard InChI is InChI=1S/C16H18BrN/c1-4-6-14(11-16(17)5-2)9-10-15-8-7-13(3)18-12-15/h4-8,11-12H,1-2,9-10H2,3H3/b14-6-,16-11+. The number of aromatic nitrogens is 1. The molecule has 1 nitrogen and oxygen atoms in total. The van der Waals surface area contributed by atoms with Gasteiger partial charge in [0.15, 0.2) is 0 Å². The maximum Gasteiger partial charge on any atom is 0.0372 e. The van der Waals surface area contributed by atoms with Crippen LogP contribution in [0.2, 0.25) is 0 Å². The number of allylic oxidation sites excluding steroid dienone is 6. The number of nitrogens with zero attached hydrogens (tertiary/aromatic N) is 1. The van der Waals surface area contributed by atoms with Crippen molar-refractivity contribution in [2.75, 3.05) is 0 Å². The Morgan fingerprint density at radius 2 is 2.17 bits per heavy atom. The third-order valence-electron chi connectivity index (χ3n) is 2.53. The molecule has 94 valence electrons. The number of hydrogen-bond donors (Lipinski definition) is 0. The molecule has 0 radical (unpaired) electrons. The summed E-state index contributed by atoms with van der Waals surface area (Å²) in [6.07, 6.45) is 11.5. The lowest BCUT2D eigenvalue weighted by Gasteiger charge is -2.03. The van der Waals surface area contributed by atoms with Gasteiger partial charge in [0.2, 0.25) is 0 Å². The fourth-order valence-electron chi connectivity index (χ4n) is 1.53. The van der Waals surface area contributed by atoms with E-state index in [1.54, 1.807) is 6.08 Å². The molecule has 1 aromatic rings. The van der Waals surface area contributed by atoms with E-state index in [0.717, 1.165) is 23.0 Å². The van der Waals surface area contributed by atoms with Crippen molar-refractivity contribution in [2.24, 2.45) is 0 Å². The van der Waals surface area contributed by atoms with Gasteiger partial charge in [0.1, 0.15) is 0 Å². The molecule has 0 unspecified atom stereocenters. The summed E-state index contributed by atoms with van der Waals surface area (Å²) in [6.45, 7) is 9.46. The molecule has 0 spiro atoms. The third-order valence-corrected chi connectivity index (χ3v) is 3.08. The predicted octanol–water partition coefficient (Wildman–Crippen LogP) is 4.90. The van der Waals surface area contributed by atoms with Crippen LogP contribution in [0.3, 0.4) is 0 Å². The van der Waals surface area contributed by atoms with Crippen molar-refractivity contribution >= 4 is 15.9 Å². The van der Waals surface area contributed by atoms with Gasteiger partial charge in [-0.15, -0.1) is 0 Å². The fraction of sp³-hybridized carbons (Fsp3) is 0.188. The lowest BCUT2D eigenvalue weighted by molar-refractivity contribution is 0.949. The van der Waals surface area contributed by atoms with Crippen molar-refractivity contribution in [3.05, 3.63) is 77.1 Å². The summed E-state index contributed by atoms with van der Waals surface area (Å²) in [7, 11) is 0. The molecule has 0 aliphatic carbocycles. The van der Waals surface area contributed by atoms with E-state index in [1.165, 1.54) is 11.1 Å². The third kappa shape index (κ3) is 5.28. The zero-order valence-electron chi connectivity index (χ0n) is 10.7. The van der Waals surface area contributed by atoms with Crippen LogP contribution in [-0.4, -0.2) is 4.98 Å². The van der Waals surface area contributed by atoms with Crippen molar-refractivity contribution in [2.45, 2.75) is 19.8 Å². The minimum Gasteiger partial charge on any atom is -0.261 e. The number of halogens is 1. The van der Waals surface area contributed by atoms with Crippen LogP contribution >= 0.6 is 15.9 Å². The highest BCUT2D eigenvalue weighted by Crippen LogP contribution is 2.16.